The predicted octanol–water partition coefficient (Wildman–Crippen LogP) is 3.14. The summed E-state index contributed by atoms with van der Waals surface area (Å²) in [5, 5.41) is 6.99. The monoisotopic (exact) mass is 387 g/mol. The summed E-state index contributed by atoms with van der Waals surface area (Å²) in [7, 11) is 0. The summed E-state index contributed by atoms with van der Waals surface area (Å²) in [6.45, 7) is 4.76. The van der Waals surface area contributed by atoms with Crippen LogP contribution in [0.5, 0.6) is 5.75 Å². The van der Waals surface area contributed by atoms with Crippen molar-refractivity contribution in [3.8, 4) is 5.75 Å². The molecule has 0 atom stereocenters. The van der Waals surface area contributed by atoms with Crippen LogP contribution < -0.4 is 15.5 Å². The van der Waals surface area contributed by atoms with E-state index >= 15 is 0 Å². The number of hydrazone groups is 1. The Labute approximate surface area is 163 Å². The zero-order chi connectivity index (χ0) is 19.6. The second-order valence-electron chi connectivity index (χ2n) is 6.29. The lowest BCUT2D eigenvalue weighted by Crippen LogP contribution is -2.39. The van der Waals surface area contributed by atoms with Gasteiger partial charge in [-0.05, 0) is 53.4 Å². The molecular weight excluding hydrogens is 366 g/mol. The molecule has 6 nitrogen and oxygen atoms in total. The summed E-state index contributed by atoms with van der Waals surface area (Å²) in [5.74, 6) is -0.522. The van der Waals surface area contributed by atoms with Crippen LogP contribution in [0.1, 0.15) is 25.0 Å². The number of carbonyl (C=O) groups is 2. The molecule has 2 amide bonds. The Bertz CT molecular complexity index is 787. The lowest BCUT2D eigenvalue weighted by atomic mass is 10.2. The molecular formula is C20H22ClN3O3. The largest absolute Gasteiger partial charge is 0.489 e. The summed E-state index contributed by atoms with van der Waals surface area (Å²) < 4.78 is 5.70. The standard InChI is InChI=1S/C20H22ClN3O3/c1-14(2)11-22-19(25)20(26)24-23-12-15-5-9-18(10-6-15)27-13-16-3-7-17(21)8-4-16/h3-10,12,14H,11,13H2,1-2H3,(H,22,25)(H,24,26)/b23-12+. The first-order valence-electron chi connectivity index (χ1n) is 8.52. The molecule has 2 aromatic rings. The highest BCUT2D eigenvalue weighted by Gasteiger charge is 2.11. The van der Waals surface area contributed by atoms with E-state index in [2.05, 4.69) is 15.8 Å². The van der Waals surface area contributed by atoms with Crippen LogP contribution in [0.15, 0.2) is 53.6 Å². The van der Waals surface area contributed by atoms with Crippen molar-refractivity contribution in [2.24, 2.45) is 11.0 Å². The highest BCUT2D eigenvalue weighted by atomic mass is 35.5. The molecule has 0 saturated heterocycles. The third-order valence-electron chi connectivity index (χ3n) is 3.46. The van der Waals surface area contributed by atoms with Gasteiger partial charge in [-0.1, -0.05) is 37.6 Å². The van der Waals surface area contributed by atoms with E-state index in [0.29, 0.717) is 23.9 Å². The minimum absolute atomic E-state index is 0.269. The summed E-state index contributed by atoms with van der Waals surface area (Å²) in [6.07, 6.45) is 1.45. The summed E-state index contributed by atoms with van der Waals surface area (Å²) in [4.78, 5) is 23.1. The fraction of sp³-hybridized carbons (Fsp3) is 0.250. The van der Waals surface area contributed by atoms with Crippen LogP contribution in [0.25, 0.3) is 0 Å². The number of rotatable bonds is 7. The van der Waals surface area contributed by atoms with Crippen molar-refractivity contribution >= 4 is 29.6 Å². The Hall–Kier alpha value is -2.86. The SMILES string of the molecule is CC(C)CNC(=O)C(=O)N/N=C/c1ccc(OCc2ccc(Cl)cc2)cc1. The van der Waals surface area contributed by atoms with Gasteiger partial charge in [0.25, 0.3) is 0 Å². The van der Waals surface area contributed by atoms with Crippen LogP contribution in [-0.2, 0) is 16.2 Å². The third-order valence-corrected chi connectivity index (χ3v) is 3.71. The van der Waals surface area contributed by atoms with E-state index in [1.165, 1.54) is 6.21 Å². The van der Waals surface area contributed by atoms with E-state index < -0.39 is 11.8 Å². The van der Waals surface area contributed by atoms with E-state index in [0.717, 1.165) is 11.1 Å². The van der Waals surface area contributed by atoms with E-state index in [-0.39, 0.29) is 5.92 Å². The first-order chi connectivity index (χ1) is 12.9. The lowest BCUT2D eigenvalue weighted by molar-refractivity contribution is -0.139. The van der Waals surface area contributed by atoms with Crippen molar-refractivity contribution in [1.29, 1.82) is 0 Å². The molecule has 142 valence electrons. The zero-order valence-corrected chi connectivity index (χ0v) is 16.0. The average molecular weight is 388 g/mol. The third kappa shape index (κ3) is 7.50. The Morgan fingerprint density at radius 2 is 1.74 bits per heavy atom. The summed E-state index contributed by atoms with van der Waals surface area (Å²) >= 11 is 5.85. The van der Waals surface area contributed by atoms with Gasteiger partial charge in [-0.3, -0.25) is 9.59 Å². The highest BCUT2D eigenvalue weighted by Crippen LogP contribution is 2.15. The van der Waals surface area contributed by atoms with Gasteiger partial charge in [0.1, 0.15) is 12.4 Å². The summed E-state index contributed by atoms with van der Waals surface area (Å²) in [6, 6.07) is 14.6. The molecule has 0 saturated carbocycles. The minimum atomic E-state index is -0.796. The fourth-order valence-corrected chi connectivity index (χ4v) is 2.12. The molecule has 27 heavy (non-hydrogen) atoms. The first-order valence-corrected chi connectivity index (χ1v) is 8.90. The van der Waals surface area contributed by atoms with Crippen molar-refractivity contribution in [3.05, 3.63) is 64.7 Å². The number of ether oxygens (including phenoxy) is 1. The molecule has 0 bridgehead atoms. The Balaban J connectivity index is 1.79. The van der Waals surface area contributed by atoms with Gasteiger partial charge in [-0.15, -0.1) is 0 Å². The van der Waals surface area contributed by atoms with Crippen molar-refractivity contribution in [1.82, 2.24) is 10.7 Å². The lowest BCUT2D eigenvalue weighted by Gasteiger charge is -2.07. The van der Waals surface area contributed by atoms with Gasteiger partial charge in [0, 0.05) is 11.6 Å². The quantitative estimate of drug-likeness (QED) is 0.435. The zero-order valence-electron chi connectivity index (χ0n) is 15.2. The Kier molecular flexibility index (Phi) is 7.82. The van der Waals surface area contributed by atoms with E-state index in [1.807, 2.05) is 38.1 Å². The van der Waals surface area contributed by atoms with Gasteiger partial charge in [0.15, 0.2) is 0 Å². The van der Waals surface area contributed by atoms with E-state index in [1.54, 1.807) is 24.3 Å². The molecule has 0 heterocycles. The fourth-order valence-electron chi connectivity index (χ4n) is 1.99. The molecule has 0 spiro atoms. The number of halogens is 1. The molecule has 7 heteroatoms. The maximum absolute atomic E-state index is 11.6. The summed E-state index contributed by atoms with van der Waals surface area (Å²) in [5.41, 5.74) is 3.97. The molecule has 0 aliphatic heterocycles. The first kappa shape index (κ1) is 20.5. The number of nitrogens with one attached hydrogen (secondary N) is 2. The molecule has 0 unspecified atom stereocenters. The van der Waals surface area contributed by atoms with Crippen LogP contribution in [0.2, 0.25) is 5.02 Å². The van der Waals surface area contributed by atoms with Gasteiger partial charge in [-0.2, -0.15) is 5.10 Å². The molecule has 0 radical (unpaired) electrons. The molecule has 0 fully saturated rings. The van der Waals surface area contributed by atoms with Crippen molar-refractivity contribution < 1.29 is 14.3 Å². The number of carbonyl (C=O) groups excluding carboxylic acids is 2. The molecule has 2 N–H and O–H groups in total. The molecule has 2 aromatic carbocycles. The second kappa shape index (κ2) is 10.3. The maximum Gasteiger partial charge on any atom is 0.329 e. The van der Waals surface area contributed by atoms with Crippen LogP contribution in [0.4, 0.5) is 0 Å². The van der Waals surface area contributed by atoms with Crippen molar-refractivity contribution in [3.63, 3.8) is 0 Å². The van der Waals surface area contributed by atoms with Crippen molar-refractivity contribution in [2.75, 3.05) is 6.54 Å². The normalized spacial score (nSPS) is 10.8. The van der Waals surface area contributed by atoms with Gasteiger partial charge in [-0.25, -0.2) is 5.43 Å². The average Bonchev–Trinajstić information content (AvgIpc) is 2.66. The van der Waals surface area contributed by atoms with Gasteiger partial charge >= 0.3 is 11.8 Å². The smallest absolute Gasteiger partial charge is 0.329 e. The topological polar surface area (TPSA) is 79.8 Å². The Morgan fingerprint density at radius 3 is 2.37 bits per heavy atom. The minimum Gasteiger partial charge on any atom is -0.489 e. The van der Waals surface area contributed by atoms with Crippen LogP contribution in [0.3, 0.4) is 0 Å². The van der Waals surface area contributed by atoms with Gasteiger partial charge < -0.3 is 10.1 Å². The molecule has 0 aliphatic rings. The number of hydrogen-bond donors (Lipinski definition) is 2. The maximum atomic E-state index is 11.6. The van der Waals surface area contributed by atoms with Crippen LogP contribution >= 0.6 is 11.6 Å². The number of benzene rings is 2. The van der Waals surface area contributed by atoms with Crippen LogP contribution in [-0.4, -0.2) is 24.6 Å². The molecule has 0 aliphatic carbocycles. The number of nitrogens with zero attached hydrogens (tertiary/aromatic N) is 1. The van der Waals surface area contributed by atoms with E-state index in [4.69, 9.17) is 16.3 Å². The molecule has 0 aromatic heterocycles. The highest BCUT2D eigenvalue weighted by molar-refractivity contribution is 6.35. The van der Waals surface area contributed by atoms with Gasteiger partial charge in [0.2, 0.25) is 0 Å². The Morgan fingerprint density at radius 1 is 1.07 bits per heavy atom. The van der Waals surface area contributed by atoms with E-state index in [9.17, 15) is 9.59 Å². The van der Waals surface area contributed by atoms with Crippen LogP contribution in [0, 0.1) is 5.92 Å². The predicted molar refractivity (Wildman–Crippen MR) is 106 cm³/mol. The van der Waals surface area contributed by atoms with Crippen molar-refractivity contribution in [2.45, 2.75) is 20.5 Å². The molecule has 2 rings (SSSR count). The second-order valence-corrected chi connectivity index (χ2v) is 6.72. The number of amides is 2. The number of hydrogen-bond acceptors (Lipinski definition) is 4. The van der Waals surface area contributed by atoms with Gasteiger partial charge in [0.05, 0.1) is 6.21 Å².